The Balaban J connectivity index is 1.93. The van der Waals surface area contributed by atoms with Crippen molar-refractivity contribution in [2.75, 3.05) is 12.4 Å². The van der Waals surface area contributed by atoms with Crippen molar-refractivity contribution in [3.8, 4) is 17.0 Å². The van der Waals surface area contributed by atoms with Gasteiger partial charge in [-0.3, -0.25) is 9.59 Å². The third-order valence-electron chi connectivity index (χ3n) is 4.84. The fourth-order valence-corrected chi connectivity index (χ4v) is 3.17. The summed E-state index contributed by atoms with van der Waals surface area (Å²) in [4.78, 5) is 25.4. The molecule has 1 amide bonds. The van der Waals surface area contributed by atoms with Crippen molar-refractivity contribution in [1.82, 2.24) is 9.78 Å². The minimum absolute atomic E-state index is 0.287. The largest absolute Gasteiger partial charge is 0.497 e. The molecule has 0 aliphatic rings. The van der Waals surface area contributed by atoms with Crippen molar-refractivity contribution in [2.45, 2.75) is 33.2 Å². The standard InChI is InChI=1S/C23H25N3O3/c1-5-21(23(28)24-17-8-10-18(29-4)11-9-17)26-22(27)13-12-20(25-26)19-14-15(2)6-7-16(19)3/h6-14,21H,5H2,1-4H3,(H,24,28). The molecule has 1 aromatic heterocycles. The summed E-state index contributed by atoms with van der Waals surface area (Å²) in [5.41, 5.74) is 4.10. The number of methoxy groups -OCH3 is 1. The number of carbonyl (C=O) groups excluding carboxylic acids is 1. The first-order valence-corrected chi connectivity index (χ1v) is 9.55. The first-order chi connectivity index (χ1) is 13.9. The van der Waals surface area contributed by atoms with E-state index in [0.717, 1.165) is 16.7 Å². The van der Waals surface area contributed by atoms with Crippen LogP contribution >= 0.6 is 0 Å². The summed E-state index contributed by atoms with van der Waals surface area (Å²) < 4.78 is 6.41. The number of anilines is 1. The number of hydrogen-bond acceptors (Lipinski definition) is 4. The Bertz CT molecular complexity index is 1070. The summed E-state index contributed by atoms with van der Waals surface area (Å²) in [6.07, 6.45) is 0.436. The molecule has 1 atom stereocenters. The van der Waals surface area contributed by atoms with Gasteiger partial charge in [0.05, 0.1) is 12.8 Å². The fraction of sp³-hybridized carbons (Fsp3) is 0.261. The Morgan fingerprint density at radius 1 is 1.10 bits per heavy atom. The zero-order chi connectivity index (χ0) is 21.0. The SMILES string of the molecule is CCC(C(=O)Nc1ccc(OC)cc1)n1nc(-c2cc(C)ccc2C)ccc1=O. The smallest absolute Gasteiger partial charge is 0.267 e. The van der Waals surface area contributed by atoms with E-state index in [0.29, 0.717) is 23.6 Å². The second-order valence-electron chi connectivity index (χ2n) is 6.96. The van der Waals surface area contributed by atoms with Gasteiger partial charge in [0.2, 0.25) is 5.91 Å². The zero-order valence-corrected chi connectivity index (χ0v) is 17.1. The van der Waals surface area contributed by atoms with Gasteiger partial charge in [0, 0.05) is 17.3 Å². The van der Waals surface area contributed by atoms with Crippen molar-refractivity contribution in [1.29, 1.82) is 0 Å². The Morgan fingerprint density at radius 2 is 1.83 bits per heavy atom. The lowest BCUT2D eigenvalue weighted by molar-refractivity contribution is -0.119. The molecule has 1 N–H and O–H groups in total. The van der Waals surface area contributed by atoms with Gasteiger partial charge in [-0.05, 0) is 62.2 Å². The minimum Gasteiger partial charge on any atom is -0.497 e. The summed E-state index contributed by atoms with van der Waals surface area (Å²) in [6, 6.07) is 15.6. The molecule has 2 aromatic carbocycles. The quantitative estimate of drug-likeness (QED) is 0.686. The number of benzene rings is 2. The number of nitrogens with zero attached hydrogens (tertiary/aromatic N) is 2. The number of carbonyl (C=O) groups is 1. The number of aromatic nitrogens is 2. The van der Waals surface area contributed by atoms with Gasteiger partial charge in [0.1, 0.15) is 11.8 Å². The van der Waals surface area contributed by atoms with Crippen LogP contribution in [0.4, 0.5) is 5.69 Å². The maximum absolute atomic E-state index is 12.9. The molecule has 1 unspecified atom stereocenters. The molecule has 0 saturated carbocycles. The van der Waals surface area contributed by atoms with Gasteiger partial charge < -0.3 is 10.1 Å². The van der Waals surface area contributed by atoms with Gasteiger partial charge in [-0.1, -0.05) is 24.6 Å². The van der Waals surface area contributed by atoms with E-state index in [9.17, 15) is 9.59 Å². The summed E-state index contributed by atoms with van der Waals surface area (Å²) in [5.74, 6) is 0.416. The van der Waals surface area contributed by atoms with Crippen LogP contribution < -0.4 is 15.6 Å². The summed E-state index contributed by atoms with van der Waals surface area (Å²) in [7, 11) is 1.59. The summed E-state index contributed by atoms with van der Waals surface area (Å²) >= 11 is 0. The molecule has 0 bridgehead atoms. The molecular formula is C23H25N3O3. The average Bonchev–Trinajstić information content (AvgIpc) is 2.72. The van der Waals surface area contributed by atoms with Gasteiger partial charge in [-0.25, -0.2) is 4.68 Å². The predicted molar refractivity (Wildman–Crippen MR) is 114 cm³/mol. The summed E-state index contributed by atoms with van der Waals surface area (Å²) in [6.45, 7) is 5.87. The molecule has 3 aromatic rings. The highest BCUT2D eigenvalue weighted by Crippen LogP contribution is 2.23. The monoisotopic (exact) mass is 391 g/mol. The van der Waals surface area contributed by atoms with Crippen LogP contribution in [0.2, 0.25) is 0 Å². The molecule has 0 fully saturated rings. The van der Waals surface area contributed by atoms with E-state index >= 15 is 0 Å². The van der Waals surface area contributed by atoms with Crippen molar-refractivity contribution >= 4 is 11.6 Å². The van der Waals surface area contributed by atoms with Crippen LogP contribution in [-0.4, -0.2) is 22.8 Å². The Hall–Kier alpha value is -3.41. The highest BCUT2D eigenvalue weighted by Gasteiger charge is 2.22. The van der Waals surface area contributed by atoms with Crippen molar-refractivity contribution < 1.29 is 9.53 Å². The van der Waals surface area contributed by atoms with E-state index in [-0.39, 0.29) is 11.5 Å². The highest BCUT2D eigenvalue weighted by atomic mass is 16.5. The van der Waals surface area contributed by atoms with Crippen molar-refractivity contribution in [3.63, 3.8) is 0 Å². The summed E-state index contributed by atoms with van der Waals surface area (Å²) in [5, 5.41) is 7.38. The van der Waals surface area contributed by atoms with E-state index < -0.39 is 6.04 Å². The minimum atomic E-state index is -0.713. The van der Waals surface area contributed by atoms with E-state index in [1.807, 2.05) is 39.0 Å². The van der Waals surface area contributed by atoms with Gasteiger partial charge in [-0.2, -0.15) is 5.10 Å². The Kier molecular flexibility index (Phi) is 6.12. The topological polar surface area (TPSA) is 73.2 Å². The van der Waals surface area contributed by atoms with Crippen LogP contribution in [0.1, 0.15) is 30.5 Å². The molecule has 0 spiro atoms. The maximum Gasteiger partial charge on any atom is 0.267 e. The number of aryl methyl sites for hydroxylation is 2. The Morgan fingerprint density at radius 3 is 2.48 bits per heavy atom. The van der Waals surface area contributed by atoms with Crippen LogP contribution in [-0.2, 0) is 4.79 Å². The van der Waals surface area contributed by atoms with Crippen LogP contribution in [0.25, 0.3) is 11.3 Å². The van der Waals surface area contributed by atoms with Crippen LogP contribution in [0.3, 0.4) is 0 Å². The van der Waals surface area contributed by atoms with Gasteiger partial charge in [-0.15, -0.1) is 0 Å². The third kappa shape index (κ3) is 4.54. The first-order valence-electron chi connectivity index (χ1n) is 9.55. The molecule has 150 valence electrons. The fourth-order valence-electron chi connectivity index (χ4n) is 3.17. The van der Waals surface area contributed by atoms with E-state index in [2.05, 4.69) is 10.4 Å². The van der Waals surface area contributed by atoms with E-state index in [1.165, 1.54) is 10.7 Å². The predicted octanol–water partition coefficient (Wildman–Crippen LogP) is 4.13. The average molecular weight is 391 g/mol. The number of hydrogen-bond donors (Lipinski definition) is 1. The second-order valence-corrected chi connectivity index (χ2v) is 6.96. The number of rotatable bonds is 6. The number of nitrogens with one attached hydrogen (secondary N) is 1. The molecule has 3 rings (SSSR count). The lowest BCUT2D eigenvalue weighted by atomic mass is 10.0. The van der Waals surface area contributed by atoms with Crippen LogP contribution in [0.5, 0.6) is 5.75 Å². The highest BCUT2D eigenvalue weighted by molar-refractivity contribution is 5.93. The number of ether oxygens (including phenoxy) is 1. The van der Waals surface area contributed by atoms with Crippen LogP contribution in [0, 0.1) is 13.8 Å². The molecule has 0 saturated heterocycles. The normalized spacial score (nSPS) is 11.7. The van der Waals surface area contributed by atoms with Gasteiger partial charge in [0.25, 0.3) is 5.56 Å². The van der Waals surface area contributed by atoms with Crippen molar-refractivity contribution in [3.05, 3.63) is 76.1 Å². The molecule has 0 radical (unpaired) electrons. The lowest BCUT2D eigenvalue weighted by Gasteiger charge is -2.18. The van der Waals surface area contributed by atoms with Crippen molar-refractivity contribution in [2.24, 2.45) is 0 Å². The molecule has 29 heavy (non-hydrogen) atoms. The molecule has 0 aliphatic heterocycles. The van der Waals surface area contributed by atoms with E-state index in [1.54, 1.807) is 37.4 Å². The molecule has 1 heterocycles. The molecular weight excluding hydrogens is 366 g/mol. The molecule has 6 nitrogen and oxygen atoms in total. The number of amides is 1. The third-order valence-corrected chi connectivity index (χ3v) is 4.84. The van der Waals surface area contributed by atoms with E-state index in [4.69, 9.17) is 4.74 Å². The zero-order valence-electron chi connectivity index (χ0n) is 17.1. The molecule has 0 aliphatic carbocycles. The second kappa shape index (κ2) is 8.73. The van der Waals surface area contributed by atoms with Gasteiger partial charge in [0.15, 0.2) is 0 Å². The Labute approximate surface area is 170 Å². The lowest BCUT2D eigenvalue weighted by Crippen LogP contribution is -2.34. The van der Waals surface area contributed by atoms with Gasteiger partial charge >= 0.3 is 0 Å². The molecule has 6 heteroatoms. The van der Waals surface area contributed by atoms with Crippen LogP contribution in [0.15, 0.2) is 59.4 Å². The first kappa shape index (κ1) is 20.3. The maximum atomic E-state index is 12.9.